The third-order valence-corrected chi connectivity index (χ3v) is 4.61. The van der Waals surface area contributed by atoms with Crippen molar-refractivity contribution in [3.8, 4) is 11.1 Å². The van der Waals surface area contributed by atoms with Gasteiger partial charge >= 0.3 is 0 Å². The molecule has 0 saturated heterocycles. The molecule has 3 rings (SSSR count). The van der Waals surface area contributed by atoms with Crippen molar-refractivity contribution >= 4 is 6.08 Å². The summed E-state index contributed by atoms with van der Waals surface area (Å²) in [7, 11) is 0. The van der Waals surface area contributed by atoms with Gasteiger partial charge in [0.05, 0.1) is 0 Å². The zero-order chi connectivity index (χ0) is 15.1. The molecule has 0 nitrogen and oxygen atoms in total. The Labute approximate surface area is 128 Å². The fourth-order valence-corrected chi connectivity index (χ4v) is 3.59. The number of hydrogen-bond acceptors (Lipinski definition) is 0. The number of allylic oxidation sites excluding steroid dienone is 1. The number of rotatable bonds is 2. The van der Waals surface area contributed by atoms with Crippen LogP contribution in [0.25, 0.3) is 17.2 Å². The van der Waals surface area contributed by atoms with Gasteiger partial charge in [0.1, 0.15) is 0 Å². The van der Waals surface area contributed by atoms with Crippen molar-refractivity contribution in [1.82, 2.24) is 0 Å². The van der Waals surface area contributed by atoms with Crippen LogP contribution in [0.2, 0.25) is 0 Å². The Morgan fingerprint density at radius 1 is 0.952 bits per heavy atom. The van der Waals surface area contributed by atoms with Gasteiger partial charge < -0.3 is 0 Å². The number of fused-ring (bicyclic) bond motifs is 1. The summed E-state index contributed by atoms with van der Waals surface area (Å²) < 4.78 is 0. The SMILES string of the molecule is Cc1cc(C)c(-c2cccc3c2C=C(C(C)C)C3)c(C)c1. The van der Waals surface area contributed by atoms with Gasteiger partial charge in [-0.1, -0.05) is 61.4 Å². The highest BCUT2D eigenvalue weighted by molar-refractivity contribution is 5.84. The maximum absolute atomic E-state index is 2.42. The molecule has 0 radical (unpaired) electrons. The largest absolute Gasteiger partial charge is 0.0626 e. The van der Waals surface area contributed by atoms with Gasteiger partial charge in [-0.3, -0.25) is 0 Å². The molecule has 0 heteroatoms. The van der Waals surface area contributed by atoms with E-state index in [0.717, 1.165) is 6.42 Å². The summed E-state index contributed by atoms with van der Waals surface area (Å²) in [4.78, 5) is 0. The molecular formula is C21H24. The Morgan fingerprint density at radius 3 is 2.24 bits per heavy atom. The summed E-state index contributed by atoms with van der Waals surface area (Å²) >= 11 is 0. The standard InChI is InChI=1S/C21H24/c1-13(2)18-11-17-7-6-8-19(20(17)12-18)21-15(4)9-14(3)10-16(21)5/h6-10,12-13H,11H2,1-5H3. The van der Waals surface area contributed by atoms with Crippen LogP contribution in [0.3, 0.4) is 0 Å². The maximum Gasteiger partial charge on any atom is -0.00550 e. The van der Waals surface area contributed by atoms with Gasteiger partial charge in [0, 0.05) is 0 Å². The molecule has 0 unspecified atom stereocenters. The predicted molar refractivity (Wildman–Crippen MR) is 92.6 cm³/mol. The molecule has 108 valence electrons. The highest BCUT2D eigenvalue weighted by Gasteiger charge is 2.19. The first kappa shape index (κ1) is 14.1. The van der Waals surface area contributed by atoms with Crippen LogP contribution >= 0.6 is 0 Å². The smallest absolute Gasteiger partial charge is 0.00550 e. The van der Waals surface area contributed by atoms with Crippen molar-refractivity contribution in [1.29, 1.82) is 0 Å². The highest BCUT2D eigenvalue weighted by atomic mass is 14.2. The first-order valence-electron chi connectivity index (χ1n) is 7.88. The molecule has 0 bridgehead atoms. The molecule has 2 aromatic rings. The van der Waals surface area contributed by atoms with E-state index < -0.39 is 0 Å². The van der Waals surface area contributed by atoms with Crippen LogP contribution in [-0.2, 0) is 6.42 Å². The van der Waals surface area contributed by atoms with Gasteiger partial charge in [-0.05, 0) is 66.5 Å². The quantitative estimate of drug-likeness (QED) is 0.643. The topological polar surface area (TPSA) is 0 Å². The van der Waals surface area contributed by atoms with Gasteiger partial charge in [-0.2, -0.15) is 0 Å². The summed E-state index contributed by atoms with van der Waals surface area (Å²) in [6, 6.07) is 11.4. The Morgan fingerprint density at radius 2 is 1.62 bits per heavy atom. The molecule has 0 atom stereocenters. The van der Waals surface area contributed by atoms with Crippen LogP contribution < -0.4 is 0 Å². The molecule has 0 aromatic heterocycles. The third kappa shape index (κ3) is 2.44. The average Bonchev–Trinajstić information content (AvgIpc) is 2.82. The average molecular weight is 276 g/mol. The number of benzene rings is 2. The summed E-state index contributed by atoms with van der Waals surface area (Å²) in [5, 5.41) is 0. The maximum atomic E-state index is 2.42. The first-order valence-corrected chi connectivity index (χ1v) is 7.88. The van der Waals surface area contributed by atoms with Crippen molar-refractivity contribution in [2.45, 2.75) is 41.0 Å². The minimum absolute atomic E-state index is 0.630. The van der Waals surface area contributed by atoms with Crippen molar-refractivity contribution in [2.75, 3.05) is 0 Å². The van der Waals surface area contributed by atoms with Crippen molar-refractivity contribution < 1.29 is 0 Å². The Bertz CT molecular complexity index is 707. The van der Waals surface area contributed by atoms with Crippen LogP contribution in [0.15, 0.2) is 35.9 Å². The molecule has 0 spiro atoms. The van der Waals surface area contributed by atoms with Crippen LogP contribution in [-0.4, -0.2) is 0 Å². The lowest BCUT2D eigenvalue weighted by Crippen LogP contribution is -1.94. The van der Waals surface area contributed by atoms with E-state index in [2.05, 4.69) is 71.0 Å². The fraction of sp³-hybridized carbons (Fsp3) is 0.333. The van der Waals surface area contributed by atoms with Gasteiger partial charge in [-0.25, -0.2) is 0 Å². The van der Waals surface area contributed by atoms with E-state index in [-0.39, 0.29) is 0 Å². The monoisotopic (exact) mass is 276 g/mol. The Hall–Kier alpha value is -1.82. The normalized spacial score (nSPS) is 13.5. The Balaban J connectivity index is 2.21. The van der Waals surface area contributed by atoms with E-state index in [0.29, 0.717) is 5.92 Å². The lowest BCUT2D eigenvalue weighted by Gasteiger charge is -2.14. The van der Waals surface area contributed by atoms with Gasteiger partial charge in [-0.15, -0.1) is 0 Å². The van der Waals surface area contributed by atoms with Gasteiger partial charge in [0.15, 0.2) is 0 Å². The van der Waals surface area contributed by atoms with Crippen LogP contribution in [0.4, 0.5) is 0 Å². The van der Waals surface area contributed by atoms with Gasteiger partial charge in [0.25, 0.3) is 0 Å². The Kier molecular flexibility index (Phi) is 3.49. The van der Waals surface area contributed by atoms with Crippen LogP contribution in [0.5, 0.6) is 0 Å². The van der Waals surface area contributed by atoms with E-state index >= 15 is 0 Å². The van der Waals surface area contributed by atoms with E-state index in [1.54, 1.807) is 5.57 Å². The van der Waals surface area contributed by atoms with Crippen LogP contribution in [0, 0.1) is 26.7 Å². The zero-order valence-corrected chi connectivity index (χ0v) is 13.7. The second-order valence-electron chi connectivity index (χ2n) is 6.70. The van der Waals surface area contributed by atoms with E-state index in [4.69, 9.17) is 0 Å². The third-order valence-electron chi connectivity index (χ3n) is 4.61. The summed E-state index contributed by atoms with van der Waals surface area (Å²) in [5.41, 5.74) is 11.4. The van der Waals surface area contributed by atoms with E-state index in [1.807, 2.05) is 0 Å². The molecule has 1 aliphatic rings. The molecule has 21 heavy (non-hydrogen) atoms. The summed E-state index contributed by atoms with van der Waals surface area (Å²) in [6.45, 7) is 11.2. The molecule has 0 fully saturated rings. The second-order valence-corrected chi connectivity index (χ2v) is 6.70. The lowest BCUT2D eigenvalue weighted by atomic mass is 9.90. The van der Waals surface area contributed by atoms with E-state index in [9.17, 15) is 0 Å². The number of aryl methyl sites for hydroxylation is 3. The fourth-order valence-electron chi connectivity index (χ4n) is 3.59. The summed E-state index contributed by atoms with van der Waals surface area (Å²) in [6.07, 6.45) is 3.54. The molecule has 0 saturated carbocycles. The molecule has 0 N–H and O–H groups in total. The molecule has 0 heterocycles. The second kappa shape index (κ2) is 5.18. The number of hydrogen-bond donors (Lipinski definition) is 0. The lowest BCUT2D eigenvalue weighted by molar-refractivity contribution is 0.754. The molecule has 0 amide bonds. The molecule has 2 aromatic carbocycles. The summed E-state index contributed by atoms with van der Waals surface area (Å²) in [5.74, 6) is 0.630. The molecule has 1 aliphatic carbocycles. The minimum Gasteiger partial charge on any atom is -0.0626 e. The van der Waals surface area contributed by atoms with Gasteiger partial charge in [0.2, 0.25) is 0 Å². The van der Waals surface area contributed by atoms with Crippen molar-refractivity contribution in [3.05, 3.63) is 63.7 Å². The highest BCUT2D eigenvalue weighted by Crippen LogP contribution is 2.38. The molecule has 0 aliphatic heterocycles. The predicted octanol–water partition coefficient (Wildman–Crippen LogP) is 5.87. The first-order chi connectivity index (χ1) is 9.97. The zero-order valence-electron chi connectivity index (χ0n) is 13.7. The minimum atomic E-state index is 0.630. The molecular weight excluding hydrogens is 252 g/mol. The van der Waals surface area contributed by atoms with Crippen molar-refractivity contribution in [3.63, 3.8) is 0 Å². The van der Waals surface area contributed by atoms with Crippen LogP contribution in [0.1, 0.15) is 41.7 Å². The van der Waals surface area contributed by atoms with E-state index in [1.165, 1.54) is 38.9 Å². The van der Waals surface area contributed by atoms with Crippen molar-refractivity contribution in [2.24, 2.45) is 5.92 Å².